The zero-order chi connectivity index (χ0) is 15.4. The highest BCUT2D eigenvalue weighted by Crippen LogP contribution is 2.26. The van der Waals surface area contributed by atoms with Crippen LogP contribution in [0.15, 0.2) is 18.2 Å². The van der Waals surface area contributed by atoms with Gasteiger partial charge in [-0.25, -0.2) is 0 Å². The van der Waals surface area contributed by atoms with Crippen LogP contribution in [-0.2, 0) is 15.6 Å². The molecule has 1 saturated carbocycles. The molecule has 1 fully saturated rings. The van der Waals surface area contributed by atoms with E-state index in [1.54, 1.807) is 25.1 Å². The molecule has 0 radical (unpaired) electrons. The van der Waals surface area contributed by atoms with Crippen molar-refractivity contribution < 1.29 is 9.00 Å². The number of nitrogens with two attached hydrogens (primary N) is 1. The maximum absolute atomic E-state index is 12.3. The van der Waals surface area contributed by atoms with E-state index in [1.165, 1.54) is 12.8 Å². The number of anilines is 2. The van der Waals surface area contributed by atoms with Crippen molar-refractivity contribution in [2.24, 2.45) is 5.92 Å². The summed E-state index contributed by atoms with van der Waals surface area (Å²) in [5.74, 6) is 0.887. The molecule has 21 heavy (non-hydrogen) atoms. The standard InChI is InChI=1S/C15H21ClN2O2S/c1-10(21(20)9-11-4-2-3-5-11)15(19)18-12-6-7-13(16)14(17)8-12/h6-8,10-11H,2-5,9,17H2,1H3,(H,18,19). The largest absolute Gasteiger partial charge is 0.397 e. The van der Waals surface area contributed by atoms with Gasteiger partial charge in [0.05, 0.1) is 10.7 Å². The number of hydrogen-bond donors (Lipinski definition) is 2. The molecule has 0 aliphatic heterocycles. The summed E-state index contributed by atoms with van der Waals surface area (Å²) < 4.78 is 12.3. The van der Waals surface area contributed by atoms with Gasteiger partial charge in [0.1, 0.15) is 5.25 Å². The fourth-order valence-corrected chi connectivity index (χ4v) is 4.04. The molecule has 1 aromatic carbocycles. The van der Waals surface area contributed by atoms with E-state index in [1.807, 2.05) is 0 Å². The first-order valence-corrected chi connectivity index (χ1v) is 8.96. The molecule has 2 atom stereocenters. The number of nitrogens with one attached hydrogen (secondary N) is 1. The average Bonchev–Trinajstić information content (AvgIpc) is 2.94. The minimum absolute atomic E-state index is 0.243. The zero-order valence-corrected chi connectivity index (χ0v) is 13.7. The Morgan fingerprint density at radius 3 is 2.76 bits per heavy atom. The second kappa shape index (κ2) is 7.27. The molecule has 1 aliphatic carbocycles. The maximum Gasteiger partial charge on any atom is 0.239 e. The lowest BCUT2D eigenvalue weighted by molar-refractivity contribution is -0.115. The van der Waals surface area contributed by atoms with Gasteiger partial charge >= 0.3 is 0 Å². The highest BCUT2D eigenvalue weighted by atomic mass is 35.5. The van der Waals surface area contributed by atoms with Crippen LogP contribution in [-0.4, -0.2) is 21.1 Å². The highest BCUT2D eigenvalue weighted by Gasteiger charge is 2.25. The number of halogens is 1. The van der Waals surface area contributed by atoms with Gasteiger partial charge < -0.3 is 11.1 Å². The number of hydrogen-bond acceptors (Lipinski definition) is 3. The molecule has 116 valence electrons. The number of amides is 1. The third kappa shape index (κ3) is 4.45. The Hall–Kier alpha value is -1.07. The van der Waals surface area contributed by atoms with Gasteiger partial charge in [-0.15, -0.1) is 0 Å². The molecule has 0 saturated heterocycles. The van der Waals surface area contributed by atoms with Gasteiger partial charge in [-0.05, 0) is 43.9 Å². The smallest absolute Gasteiger partial charge is 0.239 e. The lowest BCUT2D eigenvalue weighted by Crippen LogP contribution is -2.31. The molecule has 1 aliphatic rings. The average molecular weight is 329 g/mol. The molecule has 1 amide bonds. The van der Waals surface area contributed by atoms with Crippen LogP contribution >= 0.6 is 11.6 Å². The van der Waals surface area contributed by atoms with Crippen molar-refractivity contribution >= 4 is 39.7 Å². The molecule has 2 unspecified atom stereocenters. The minimum Gasteiger partial charge on any atom is -0.397 e. The van der Waals surface area contributed by atoms with Crippen LogP contribution in [0.5, 0.6) is 0 Å². The summed E-state index contributed by atoms with van der Waals surface area (Å²) in [5, 5.41) is 2.67. The van der Waals surface area contributed by atoms with Crippen LogP contribution in [0.4, 0.5) is 11.4 Å². The Bertz CT molecular complexity index is 544. The van der Waals surface area contributed by atoms with Gasteiger partial charge in [-0.1, -0.05) is 24.4 Å². The van der Waals surface area contributed by atoms with E-state index in [0.717, 1.165) is 12.8 Å². The maximum atomic E-state index is 12.3. The Morgan fingerprint density at radius 2 is 2.14 bits per heavy atom. The van der Waals surface area contributed by atoms with Gasteiger partial charge in [0.25, 0.3) is 0 Å². The van der Waals surface area contributed by atoms with Crippen molar-refractivity contribution in [1.82, 2.24) is 0 Å². The van der Waals surface area contributed by atoms with E-state index in [9.17, 15) is 9.00 Å². The van der Waals surface area contributed by atoms with Gasteiger partial charge in [0, 0.05) is 22.2 Å². The Kier molecular flexibility index (Phi) is 5.65. The molecule has 0 spiro atoms. The third-order valence-corrected chi connectivity index (χ3v) is 6.05. The van der Waals surface area contributed by atoms with Crippen molar-refractivity contribution in [2.75, 3.05) is 16.8 Å². The predicted molar refractivity (Wildman–Crippen MR) is 88.9 cm³/mol. The number of rotatable bonds is 5. The van der Waals surface area contributed by atoms with E-state index in [-0.39, 0.29) is 5.91 Å². The fourth-order valence-electron chi connectivity index (χ4n) is 2.54. The van der Waals surface area contributed by atoms with Crippen molar-refractivity contribution in [3.63, 3.8) is 0 Å². The summed E-state index contributed by atoms with van der Waals surface area (Å²) in [7, 11) is -1.14. The van der Waals surface area contributed by atoms with Crippen LogP contribution in [0, 0.1) is 5.92 Å². The predicted octanol–water partition coefficient (Wildman–Crippen LogP) is 3.19. The molecular formula is C15H21ClN2O2S. The molecular weight excluding hydrogens is 308 g/mol. The first-order valence-electron chi connectivity index (χ1n) is 7.20. The second-order valence-electron chi connectivity index (χ2n) is 5.57. The molecule has 4 nitrogen and oxygen atoms in total. The van der Waals surface area contributed by atoms with Crippen LogP contribution in [0.1, 0.15) is 32.6 Å². The lowest BCUT2D eigenvalue weighted by Gasteiger charge is -2.15. The molecule has 1 aromatic rings. The minimum atomic E-state index is -1.14. The van der Waals surface area contributed by atoms with Crippen LogP contribution < -0.4 is 11.1 Å². The van der Waals surface area contributed by atoms with Crippen molar-refractivity contribution in [1.29, 1.82) is 0 Å². The lowest BCUT2D eigenvalue weighted by atomic mass is 10.1. The highest BCUT2D eigenvalue weighted by molar-refractivity contribution is 7.86. The first kappa shape index (κ1) is 16.3. The van der Waals surface area contributed by atoms with E-state index in [2.05, 4.69) is 5.32 Å². The van der Waals surface area contributed by atoms with Crippen LogP contribution in [0.25, 0.3) is 0 Å². The molecule has 0 bridgehead atoms. The second-order valence-corrected chi connectivity index (χ2v) is 7.77. The van der Waals surface area contributed by atoms with E-state index in [4.69, 9.17) is 17.3 Å². The number of nitrogen functional groups attached to an aromatic ring is 1. The van der Waals surface area contributed by atoms with Crippen LogP contribution in [0.2, 0.25) is 5.02 Å². The van der Waals surface area contributed by atoms with E-state index >= 15 is 0 Å². The molecule has 0 heterocycles. The number of benzene rings is 1. The van der Waals surface area contributed by atoms with Gasteiger partial charge in [-0.2, -0.15) is 0 Å². The summed E-state index contributed by atoms with van der Waals surface area (Å²) >= 11 is 5.84. The first-order chi connectivity index (χ1) is 9.97. The monoisotopic (exact) mass is 328 g/mol. The summed E-state index contributed by atoms with van der Waals surface area (Å²) in [4.78, 5) is 12.1. The summed E-state index contributed by atoms with van der Waals surface area (Å²) in [5.41, 5.74) is 6.68. The van der Waals surface area contributed by atoms with Gasteiger partial charge in [0.15, 0.2) is 0 Å². The van der Waals surface area contributed by atoms with Gasteiger partial charge in [-0.3, -0.25) is 9.00 Å². The Balaban J connectivity index is 1.91. The third-order valence-electron chi connectivity index (χ3n) is 3.90. The zero-order valence-electron chi connectivity index (χ0n) is 12.1. The van der Waals surface area contributed by atoms with E-state index < -0.39 is 16.0 Å². The summed E-state index contributed by atoms with van der Waals surface area (Å²) in [6.45, 7) is 1.71. The fraction of sp³-hybridized carbons (Fsp3) is 0.533. The Labute approximate surface area is 132 Å². The van der Waals surface area contributed by atoms with Crippen molar-refractivity contribution in [2.45, 2.75) is 37.9 Å². The van der Waals surface area contributed by atoms with E-state index in [0.29, 0.717) is 28.1 Å². The summed E-state index contributed by atoms with van der Waals surface area (Å²) in [6.07, 6.45) is 4.70. The van der Waals surface area contributed by atoms with Crippen molar-refractivity contribution in [3.8, 4) is 0 Å². The van der Waals surface area contributed by atoms with Gasteiger partial charge in [0.2, 0.25) is 5.91 Å². The molecule has 3 N–H and O–H groups in total. The topological polar surface area (TPSA) is 72.2 Å². The van der Waals surface area contributed by atoms with Crippen molar-refractivity contribution in [3.05, 3.63) is 23.2 Å². The number of carbonyl (C=O) groups excluding carboxylic acids is 1. The molecule has 0 aromatic heterocycles. The number of carbonyl (C=O) groups is 1. The molecule has 2 rings (SSSR count). The Morgan fingerprint density at radius 1 is 1.48 bits per heavy atom. The quantitative estimate of drug-likeness (QED) is 0.815. The molecule has 6 heteroatoms. The van der Waals surface area contributed by atoms with Crippen LogP contribution in [0.3, 0.4) is 0 Å². The normalized spacial score (nSPS) is 18.4. The SMILES string of the molecule is CC(C(=O)Nc1ccc(Cl)c(N)c1)S(=O)CC1CCCC1. The summed E-state index contributed by atoms with van der Waals surface area (Å²) in [6, 6.07) is 4.92.